The van der Waals surface area contributed by atoms with Crippen molar-refractivity contribution in [2.24, 2.45) is 0 Å². The Hall–Kier alpha value is -1.94. The Bertz CT molecular complexity index is 560. The molecule has 1 fully saturated rings. The molecular formula is C16H20N4. The molecule has 2 aromatic rings. The van der Waals surface area contributed by atoms with Crippen molar-refractivity contribution in [2.45, 2.75) is 13.3 Å². The van der Waals surface area contributed by atoms with Crippen LogP contribution >= 0.6 is 0 Å². The number of rotatable bonds is 2. The number of benzene rings is 1. The summed E-state index contributed by atoms with van der Waals surface area (Å²) in [6.45, 7) is 6.13. The van der Waals surface area contributed by atoms with Gasteiger partial charge in [-0.2, -0.15) is 0 Å². The molecule has 1 aromatic heterocycles. The average molecular weight is 268 g/mol. The van der Waals surface area contributed by atoms with E-state index in [2.05, 4.69) is 34.3 Å². The van der Waals surface area contributed by atoms with Crippen LogP contribution < -0.4 is 10.2 Å². The second kappa shape index (κ2) is 6.01. The first-order valence-electron chi connectivity index (χ1n) is 7.19. The fraction of sp³-hybridized carbons (Fsp3) is 0.375. The van der Waals surface area contributed by atoms with Crippen LogP contribution in [-0.4, -0.2) is 36.1 Å². The molecule has 0 aliphatic carbocycles. The molecule has 4 nitrogen and oxygen atoms in total. The zero-order valence-corrected chi connectivity index (χ0v) is 11.8. The first kappa shape index (κ1) is 13.1. The van der Waals surface area contributed by atoms with Gasteiger partial charge in [0.2, 0.25) is 5.95 Å². The Morgan fingerprint density at radius 3 is 2.80 bits per heavy atom. The van der Waals surface area contributed by atoms with Gasteiger partial charge in [-0.15, -0.1) is 0 Å². The quantitative estimate of drug-likeness (QED) is 0.907. The Morgan fingerprint density at radius 2 is 1.95 bits per heavy atom. The molecule has 1 aliphatic rings. The van der Waals surface area contributed by atoms with E-state index in [1.54, 1.807) is 0 Å². The minimum atomic E-state index is 0.846. The topological polar surface area (TPSA) is 41.1 Å². The molecule has 0 radical (unpaired) electrons. The first-order chi connectivity index (χ1) is 9.84. The molecule has 104 valence electrons. The summed E-state index contributed by atoms with van der Waals surface area (Å²) in [5.41, 5.74) is 3.31. The molecule has 0 bridgehead atoms. The van der Waals surface area contributed by atoms with Crippen LogP contribution in [0.25, 0.3) is 11.3 Å². The number of anilines is 1. The van der Waals surface area contributed by atoms with Gasteiger partial charge in [-0.25, -0.2) is 9.97 Å². The zero-order chi connectivity index (χ0) is 13.8. The van der Waals surface area contributed by atoms with Gasteiger partial charge in [0, 0.05) is 31.4 Å². The summed E-state index contributed by atoms with van der Waals surface area (Å²) in [6, 6.07) is 10.3. The van der Waals surface area contributed by atoms with Crippen molar-refractivity contribution >= 4 is 5.95 Å². The second-order valence-corrected chi connectivity index (χ2v) is 5.16. The molecule has 0 atom stereocenters. The Balaban J connectivity index is 1.94. The first-order valence-corrected chi connectivity index (χ1v) is 7.19. The summed E-state index contributed by atoms with van der Waals surface area (Å²) >= 11 is 0. The Morgan fingerprint density at radius 1 is 1.10 bits per heavy atom. The third kappa shape index (κ3) is 2.80. The van der Waals surface area contributed by atoms with Crippen LogP contribution in [0.5, 0.6) is 0 Å². The summed E-state index contributed by atoms with van der Waals surface area (Å²) in [4.78, 5) is 11.6. The van der Waals surface area contributed by atoms with Gasteiger partial charge in [0.1, 0.15) is 0 Å². The van der Waals surface area contributed by atoms with Gasteiger partial charge in [-0.05, 0) is 25.5 Å². The fourth-order valence-electron chi connectivity index (χ4n) is 2.52. The maximum absolute atomic E-state index is 4.79. The van der Waals surface area contributed by atoms with E-state index < -0.39 is 0 Å². The Kier molecular flexibility index (Phi) is 3.92. The minimum absolute atomic E-state index is 0.846. The lowest BCUT2D eigenvalue weighted by Gasteiger charge is -2.20. The van der Waals surface area contributed by atoms with Crippen molar-refractivity contribution in [3.05, 3.63) is 42.1 Å². The standard InChI is InChI=1S/C16H20N4/c1-13-12-18-16(20-10-5-8-17-9-11-20)19-15(13)14-6-3-2-4-7-14/h2-4,6-7,12,17H,5,8-11H2,1H3. The molecule has 0 amide bonds. The molecule has 4 heteroatoms. The van der Waals surface area contributed by atoms with Crippen molar-refractivity contribution in [3.8, 4) is 11.3 Å². The highest BCUT2D eigenvalue weighted by atomic mass is 15.3. The van der Waals surface area contributed by atoms with Gasteiger partial charge in [-0.3, -0.25) is 0 Å². The number of aryl methyl sites for hydroxylation is 1. The van der Waals surface area contributed by atoms with Crippen molar-refractivity contribution in [2.75, 3.05) is 31.1 Å². The molecule has 1 N–H and O–H groups in total. The maximum Gasteiger partial charge on any atom is 0.225 e. The van der Waals surface area contributed by atoms with E-state index in [0.29, 0.717) is 0 Å². The molecule has 0 saturated carbocycles. The predicted molar refractivity (Wildman–Crippen MR) is 81.9 cm³/mol. The second-order valence-electron chi connectivity index (χ2n) is 5.16. The average Bonchev–Trinajstić information content (AvgIpc) is 2.78. The number of hydrogen-bond donors (Lipinski definition) is 1. The molecule has 1 aliphatic heterocycles. The largest absolute Gasteiger partial charge is 0.339 e. The van der Waals surface area contributed by atoms with E-state index in [4.69, 9.17) is 4.98 Å². The Labute approximate surface area is 119 Å². The minimum Gasteiger partial charge on any atom is -0.339 e. The molecular weight excluding hydrogens is 248 g/mol. The van der Waals surface area contributed by atoms with Crippen LogP contribution in [0.15, 0.2) is 36.5 Å². The molecule has 0 spiro atoms. The van der Waals surface area contributed by atoms with Crippen LogP contribution in [0.1, 0.15) is 12.0 Å². The summed E-state index contributed by atoms with van der Waals surface area (Å²) in [7, 11) is 0. The van der Waals surface area contributed by atoms with Crippen molar-refractivity contribution in [1.29, 1.82) is 0 Å². The molecule has 1 saturated heterocycles. The van der Waals surface area contributed by atoms with E-state index in [1.807, 2.05) is 24.4 Å². The van der Waals surface area contributed by atoms with Gasteiger partial charge in [0.25, 0.3) is 0 Å². The zero-order valence-electron chi connectivity index (χ0n) is 11.8. The van der Waals surface area contributed by atoms with Gasteiger partial charge in [-0.1, -0.05) is 30.3 Å². The predicted octanol–water partition coefficient (Wildman–Crippen LogP) is 2.25. The SMILES string of the molecule is Cc1cnc(N2CCCNCC2)nc1-c1ccccc1. The third-order valence-electron chi connectivity index (χ3n) is 3.63. The van der Waals surface area contributed by atoms with Crippen molar-refractivity contribution in [1.82, 2.24) is 15.3 Å². The summed E-state index contributed by atoms with van der Waals surface area (Å²) in [6.07, 6.45) is 3.07. The fourth-order valence-corrected chi connectivity index (χ4v) is 2.52. The molecule has 1 aromatic carbocycles. The van der Waals surface area contributed by atoms with Crippen LogP contribution in [0.4, 0.5) is 5.95 Å². The molecule has 0 unspecified atom stereocenters. The smallest absolute Gasteiger partial charge is 0.225 e. The van der Waals surface area contributed by atoms with E-state index in [1.165, 1.54) is 0 Å². The van der Waals surface area contributed by atoms with E-state index in [-0.39, 0.29) is 0 Å². The number of nitrogens with one attached hydrogen (secondary N) is 1. The lowest BCUT2D eigenvalue weighted by atomic mass is 10.1. The summed E-state index contributed by atoms with van der Waals surface area (Å²) < 4.78 is 0. The van der Waals surface area contributed by atoms with E-state index in [0.717, 1.165) is 55.4 Å². The lowest BCUT2D eigenvalue weighted by Crippen LogP contribution is -2.29. The molecule has 20 heavy (non-hydrogen) atoms. The van der Waals surface area contributed by atoms with Crippen LogP contribution in [0, 0.1) is 6.92 Å². The molecule has 2 heterocycles. The number of nitrogens with zero attached hydrogens (tertiary/aromatic N) is 3. The van der Waals surface area contributed by atoms with Crippen LogP contribution in [-0.2, 0) is 0 Å². The lowest BCUT2D eigenvalue weighted by molar-refractivity contribution is 0.724. The number of hydrogen-bond acceptors (Lipinski definition) is 4. The van der Waals surface area contributed by atoms with Gasteiger partial charge >= 0.3 is 0 Å². The summed E-state index contributed by atoms with van der Waals surface area (Å²) in [5, 5.41) is 3.41. The highest BCUT2D eigenvalue weighted by Crippen LogP contribution is 2.22. The van der Waals surface area contributed by atoms with E-state index >= 15 is 0 Å². The van der Waals surface area contributed by atoms with Crippen LogP contribution in [0.3, 0.4) is 0 Å². The highest BCUT2D eigenvalue weighted by Gasteiger charge is 2.14. The van der Waals surface area contributed by atoms with Crippen molar-refractivity contribution < 1.29 is 0 Å². The third-order valence-corrected chi connectivity index (χ3v) is 3.63. The van der Waals surface area contributed by atoms with E-state index in [9.17, 15) is 0 Å². The maximum atomic E-state index is 4.79. The van der Waals surface area contributed by atoms with Gasteiger partial charge in [0.05, 0.1) is 5.69 Å². The highest BCUT2D eigenvalue weighted by molar-refractivity contribution is 5.63. The monoisotopic (exact) mass is 268 g/mol. The summed E-state index contributed by atoms with van der Waals surface area (Å²) in [5.74, 6) is 0.846. The normalized spacial score (nSPS) is 15.9. The van der Waals surface area contributed by atoms with Gasteiger partial charge in [0.15, 0.2) is 0 Å². The van der Waals surface area contributed by atoms with Crippen molar-refractivity contribution in [3.63, 3.8) is 0 Å². The number of aromatic nitrogens is 2. The molecule has 3 rings (SSSR count). The van der Waals surface area contributed by atoms with Gasteiger partial charge < -0.3 is 10.2 Å². The van der Waals surface area contributed by atoms with Crippen LogP contribution in [0.2, 0.25) is 0 Å².